The van der Waals surface area contributed by atoms with Crippen LogP contribution in [-0.4, -0.2) is 20.9 Å². The van der Waals surface area contributed by atoms with E-state index in [0.29, 0.717) is 0 Å². The van der Waals surface area contributed by atoms with Crippen molar-refractivity contribution in [2.24, 2.45) is 0 Å². The molecule has 0 fully saturated rings. The van der Waals surface area contributed by atoms with E-state index in [1.165, 1.54) is 36.6 Å². The molecule has 0 aliphatic heterocycles. The molecule has 0 rings (SSSR count). The summed E-state index contributed by atoms with van der Waals surface area (Å²) in [4.78, 5) is 0. The first kappa shape index (κ1) is 11.5. The monoisotopic (exact) mass is 270 g/mol. The molecule has 66 valence electrons. The summed E-state index contributed by atoms with van der Waals surface area (Å²) < 4.78 is 3.97. The van der Waals surface area contributed by atoms with E-state index >= 15 is 0 Å². The Morgan fingerprint density at radius 3 is 2.45 bits per heavy atom. The van der Waals surface area contributed by atoms with Crippen LogP contribution in [0, 0.1) is 0 Å². The summed E-state index contributed by atoms with van der Waals surface area (Å²) in [7, 11) is 0. The average Bonchev–Trinajstić information content (AvgIpc) is 2.03. The molecule has 0 atom stereocenters. The third-order valence-corrected chi connectivity index (χ3v) is 4.13. The van der Waals surface area contributed by atoms with Crippen LogP contribution in [0.15, 0.2) is 10.2 Å². The number of allylic oxidation sites excluding steroid dienone is 1. The zero-order valence-electron chi connectivity index (χ0n) is 7.81. The molecule has 0 N–H and O–H groups in total. The van der Waals surface area contributed by atoms with E-state index < -0.39 is 0 Å². The standard InChI is InChI=1S/C10H20Te/c1-3-5-7-8-10-11-9-6-4-2/h8,10H,3-7,9H2,1-2H3/b10-8+. The fourth-order valence-corrected chi connectivity index (χ4v) is 3.22. The van der Waals surface area contributed by atoms with Crippen LogP contribution >= 0.6 is 0 Å². The van der Waals surface area contributed by atoms with Gasteiger partial charge in [0.05, 0.1) is 0 Å². The van der Waals surface area contributed by atoms with Crippen molar-refractivity contribution >= 4 is 20.9 Å². The Morgan fingerprint density at radius 2 is 1.82 bits per heavy atom. The summed E-state index contributed by atoms with van der Waals surface area (Å²) >= 11 is 0.262. The third kappa shape index (κ3) is 10.5. The molecule has 0 radical (unpaired) electrons. The summed E-state index contributed by atoms with van der Waals surface area (Å²) in [5.74, 6) is 0. The van der Waals surface area contributed by atoms with E-state index in [1.807, 2.05) is 0 Å². The van der Waals surface area contributed by atoms with Gasteiger partial charge in [-0.25, -0.2) is 0 Å². The van der Waals surface area contributed by atoms with Crippen molar-refractivity contribution in [3.63, 3.8) is 0 Å². The Labute approximate surface area is 81.5 Å². The second-order valence-corrected chi connectivity index (χ2v) is 5.63. The van der Waals surface area contributed by atoms with Crippen molar-refractivity contribution in [1.29, 1.82) is 0 Å². The molecule has 1 heteroatoms. The van der Waals surface area contributed by atoms with Gasteiger partial charge in [-0.05, 0) is 0 Å². The van der Waals surface area contributed by atoms with Crippen LogP contribution in [0.4, 0.5) is 0 Å². The fourth-order valence-electron chi connectivity index (χ4n) is 0.754. The molecule has 0 saturated heterocycles. The van der Waals surface area contributed by atoms with Gasteiger partial charge in [-0.2, -0.15) is 0 Å². The van der Waals surface area contributed by atoms with Crippen LogP contribution in [-0.2, 0) is 0 Å². The van der Waals surface area contributed by atoms with Crippen molar-refractivity contribution in [1.82, 2.24) is 0 Å². The van der Waals surface area contributed by atoms with Crippen LogP contribution < -0.4 is 0 Å². The molecule has 0 nitrogen and oxygen atoms in total. The molecular formula is C10H20Te. The summed E-state index contributed by atoms with van der Waals surface area (Å²) in [6, 6.07) is 0. The van der Waals surface area contributed by atoms with Gasteiger partial charge >= 0.3 is 81.5 Å². The van der Waals surface area contributed by atoms with Gasteiger partial charge in [0, 0.05) is 0 Å². The molecule has 0 amide bonds. The van der Waals surface area contributed by atoms with Crippen LogP contribution in [0.25, 0.3) is 0 Å². The van der Waals surface area contributed by atoms with Crippen LogP contribution in [0.5, 0.6) is 0 Å². The van der Waals surface area contributed by atoms with Crippen molar-refractivity contribution in [2.75, 3.05) is 0 Å². The first-order valence-electron chi connectivity index (χ1n) is 4.68. The molecule has 0 heterocycles. The number of unbranched alkanes of at least 4 members (excludes halogenated alkanes) is 3. The van der Waals surface area contributed by atoms with E-state index in [2.05, 4.69) is 24.0 Å². The van der Waals surface area contributed by atoms with Gasteiger partial charge in [0.1, 0.15) is 0 Å². The van der Waals surface area contributed by atoms with E-state index in [1.54, 1.807) is 0 Å². The van der Waals surface area contributed by atoms with Gasteiger partial charge < -0.3 is 0 Å². The predicted molar refractivity (Wildman–Crippen MR) is 54.1 cm³/mol. The van der Waals surface area contributed by atoms with E-state index in [9.17, 15) is 0 Å². The average molecular weight is 268 g/mol. The first-order chi connectivity index (χ1) is 5.41. The topological polar surface area (TPSA) is 0 Å². The summed E-state index contributed by atoms with van der Waals surface area (Å²) in [5, 5.41) is 0. The van der Waals surface area contributed by atoms with Crippen molar-refractivity contribution in [2.45, 2.75) is 50.4 Å². The van der Waals surface area contributed by atoms with Gasteiger partial charge in [0.25, 0.3) is 0 Å². The van der Waals surface area contributed by atoms with Gasteiger partial charge in [-0.1, -0.05) is 0 Å². The SMILES string of the molecule is CCCC/C=C/[Te]CCCC. The number of hydrogen-bond acceptors (Lipinski definition) is 0. The zero-order valence-corrected chi connectivity index (χ0v) is 10.1. The van der Waals surface area contributed by atoms with Crippen molar-refractivity contribution in [3.8, 4) is 0 Å². The molecule has 0 unspecified atom stereocenters. The molecule has 0 aromatic heterocycles. The van der Waals surface area contributed by atoms with E-state index in [-0.39, 0.29) is 20.9 Å². The van der Waals surface area contributed by atoms with Crippen LogP contribution in [0.2, 0.25) is 4.47 Å². The van der Waals surface area contributed by atoms with Gasteiger partial charge in [0.15, 0.2) is 0 Å². The second-order valence-electron chi connectivity index (χ2n) is 2.74. The van der Waals surface area contributed by atoms with E-state index in [4.69, 9.17) is 0 Å². The fraction of sp³-hybridized carbons (Fsp3) is 0.800. The quantitative estimate of drug-likeness (QED) is 0.488. The molecule has 0 spiro atoms. The Kier molecular flexibility index (Phi) is 11.0. The third-order valence-electron chi connectivity index (χ3n) is 1.53. The van der Waals surface area contributed by atoms with Gasteiger partial charge in [0.2, 0.25) is 0 Å². The van der Waals surface area contributed by atoms with Crippen molar-refractivity contribution in [3.05, 3.63) is 10.2 Å². The number of hydrogen-bond donors (Lipinski definition) is 0. The molecule has 0 aromatic carbocycles. The maximum absolute atomic E-state index is 2.47. The minimum absolute atomic E-state index is 0.262. The minimum atomic E-state index is 0.262. The van der Waals surface area contributed by atoms with Crippen LogP contribution in [0.1, 0.15) is 46.0 Å². The Balaban J connectivity index is 2.91. The molecule has 0 aromatic rings. The summed E-state index contributed by atoms with van der Waals surface area (Å²) in [6.07, 6.45) is 9.22. The summed E-state index contributed by atoms with van der Waals surface area (Å²) in [6.45, 7) is 4.52. The zero-order chi connectivity index (χ0) is 8.36. The Hall–Kier alpha value is 0.530. The molecular weight excluding hydrogens is 248 g/mol. The molecule has 0 saturated carbocycles. The van der Waals surface area contributed by atoms with E-state index in [0.717, 1.165) is 0 Å². The molecule has 0 bridgehead atoms. The summed E-state index contributed by atoms with van der Waals surface area (Å²) in [5.41, 5.74) is 0. The van der Waals surface area contributed by atoms with Gasteiger partial charge in [-0.3, -0.25) is 0 Å². The normalized spacial score (nSPS) is 11.1. The maximum atomic E-state index is 2.47. The van der Waals surface area contributed by atoms with Crippen LogP contribution in [0.3, 0.4) is 0 Å². The first-order valence-corrected chi connectivity index (χ1v) is 7.67. The molecule has 0 aliphatic rings. The molecule has 0 aliphatic carbocycles. The molecule has 11 heavy (non-hydrogen) atoms. The second kappa shape index (κ2) is 10.5. The Morgan fingerprint density at radius 1 is 1.09 bits per heavy atom. The van der Waals surface area contributed by atoms with Crippen molar-refractivity contribution < 1.29 is 0 Å². The number of rotatable bonds is 7. The van der Waals surface area contributed by atoms with Gasteiger partial charge in [-0.15, -0.1) is 0 Å². The predicted octanol–water partition coefficient (Wildman–Crippen LogP) is 3.61. The Bertz CT molecular complexity index is 86.9.